The van der Waals surface area contributed by atoms with E-state index in [-0.39, 0.29) is 6.61 Å². The summed E-state index contributed by atoms with van der Waals surface area (Å²) in [5.41, 5.74) is 0. The van der Waals surface area contributed by atoms with Crippen LogP contribution in [0.5, 0.6) is 0 Å². The average molecular weight is 330 g/mol. The number of carbonyl (C=O) groups excluding carboxylic acids is 2. The van der Waals surface area contributed by atoms with Crippen molar-refractivity contribution in [2.75, 3.05) is 26.4 Å². The van der Waals surface area contributed by atoms with Gasteiger partial charge in [0.1, 0.15) is 12.7 Å². The quantitative estimate of drug-likeness (QED) is 0.335. The second-order valence-corrected chi connectivity index (χ2v) is 5.38. The fourth-order valence-corrected chi connectivity index (χ4v) is 1.80. The van der Waals surface area contributed by atoms with Crippen LogP contribution in [0.3, 0.4) is 0 Å². The molecule has 0 aliphatic rings. The number of aliphatic hydroxyl groups is 2. The molecule has 11 heteroatoms. The van der Waals surface area contributed by atoms with Crippen molar-refractivity contribution < 1.29 is 47.8 Å². The first-order valence-electron chi connectivity index (χ1n) is 5.87. The standard InChI is InChI=1S/C10H19O10P/c1-7(12)17-5-10(20-8(2)13)6-19-21(15,16)18-4-9(14)3-11/h9-11,14H,3-6H2,1-2H3,(H,15,16)/t9?,10-/m1/s1. The Hall–Kier alpha value is -1.03. The van der Waals surface area contributed by atoms with E-state index in [1.165, 1.54) is 0 Å². The van der Waals surface area contributed by atoms with Crippen molar-refractivity contribution in [1.29, 1.82) is 0 Å². The smallest absolute Gasteiger partial charge is 0.462 e. The Bertz CT molecular complexity index is 384. The predicted octanol–water partition coefficient (Wildman–Crippen LogP) is -1.03. The third kappa shape index (κ3) is 11.3. The van der Waals surface area contributed by atoms with Crippen LogP contribution in [-0.4, -0.2) is 65.7 Å². The number of ether oxygens (including phenoxy) is 2. The number of hydrogen-bond donors (Lipinski definition) is 3. The van der Waals surface area contributed by atoms with Crippen molar-refractivity contribution >= 4 is 19.8 Å². The Morgan fingerprint density at radius 1 is 1.10 bits per heavy atom. The average Bonchev–Trinajstić information content (AvgIpc) is 2.38. The molecule has 0 aliphatic heterocycles. The van der Waals surface area contributed by atoms with E-state index < -0.39 is 51.8 Å². The molecule has 10 nitrogen and oxygen atoms in total. The normalized spacial score (nSPS) is 16.6. The highest BCUT2D eigenvalue weighted by Crippen LogP contribution is 2.43. The number of phosphoric ester groups is 1. The molecule has 21 heavy (non-hydrogen) atoms. The van der Waals surface area contributed by atoms with Crippen molar-refractivity contribution in [3.63, 3.8) is 0 Å². The predicted molar refractivity (Wildman–Crippen MR) is 67.0 cm³/mol. The largest absolute Gasteiger partial charge is 0.472 e. The third-order valence-corrected chi connectivity index (χ3v) is 2.82. The molecule has 0 saturated heterocycles. The molecule has 0 aromatic heterocycles. The second kappa shape index (κ2) is 9.82. The van der Waals surface area contributed by atoms with Crippen molar-refractivity contribution in [3.8, 4) is 0 Å². The topological polar surface area (TPSA) is 149 Å². The molecule has 0 aliphatic carbocycles. The molecule has 0 rings (SSSR count). The van der Waals surface area contributed by atoms with E-state index in [0.717, 1.165) is 13.8 Å². The summed E-state index contributed by atoms with van der Waals surface area (Å²) < 4.78 is 29.7. The van der Waals surface area contributed by atoms with Gasteiger partial charge in [-0.1, -0.05) is 0 Å². The van der Waals surface area contributed by atoms with Crippen LogP contribution in [0.4, 0.5) is 0 Å². The molecule has 0 saturated carbocycles. The van der Waals surface area contributed by atoms with Crippen LogP contribution in [0.2, 0.25) is 0 Å². The second-order valence-electron chi connectivity index (χ2n) is 3.93. The summed E-state index contributed by atoms with van der Waals surface area (Å²) in [4.78, 5) is 30.8. The molecule has 0 bridgehead atoms. The summed E-state index contributed by atoms with van der Waals surface area (Å²) >= 11 is 0. The van der Waals surface area contributed by atoms with Gasteiger partial charge in [-0.05, 0) is 0 Å². The summed E-state index contributed by atoms with van der Waals surface area (Å²) in [5.74, 6) is -1.32. The summed E-state index contributed by atoms with van der Waals surface area (Å²) in [7, 11) is -4.51. The van der Waals surface area contributed by atoms with Gasteiger partial charge in [-0.15, -0.1) is 0 Å². The number of rotatable bonds is 10. The Morgan fingerprint density at radius 2 is 1.67 bits per heavy atom. The van der Waals surface area contributed by atoms with Crippen LogP contribution >= 0.6 is 7.82 Å². The molecule has 3 N–H and O–H groups in total. The highest BCUT2D eigenvalue weighted by Gasteiger charge is 2.26. The van der Waals surface area contributed by atoms with E-state index in [1.54, 1.807) is 0 Å². The van der Waals surface area contributed by atoms with Crippen LogP contribution < -0.4 is 0 Å². The van der Waals surface area contributed by atoms with Gasteiger partial charge in [0.15, 0.2) is 6.10 Å². The lowest BCUT2D eigenvalue weighted by atomic mass is 10.4. The van der Waals surface area contributed by atoms with E-state index in [1.807, 2.05) is 0 Å². The summed E-state index contributed by atoms with van der Waals surface area (Å²) in [6.45, 7) is 0.0639. The van der Waals surface area contributed by atoms with Gasteiger partial charge in [-0.2, -0.15) is 0 Å². The molecule has 0 aromatic carbocycles. The van der Waals surface area contributed by atoms with Crippen LogP contribution in [0.1, 0.15) is 13.8 Å². The fraction of sp³-hybridized carbons (Fsp3) is 0.800. The highest BCUT2D eigenvalue weighted by molar-refractivity contribution is 7.47. The molecule has 0 radical (unpaired) electrons. The first-order valence-corrected chi connectivity index (χ1v) is 7.37. The van der Waals surface area contributed by atoms with E-state index in [4.69, 9.17) is 14.9 Å². The van der Waals surface area contributed by atoms with Gasteiger partial charge in [0.25, 0.3) is 0 Å². The van der Waals surface area contributed by atoms with Crippen molar-refractivity contribution in [2.45, 2.75) is 26.1 Å². The molecule has 0 fully saturated rings. The van der Waals surface area contributed by atoms with Gasteiger partial charge in [0, 0.05) is 13.8 Å². The lowest BCUT2D eigenvalue weighted by Gasteiger charge is -2.19. The van der Waals surface area contributed by atoms with Crippen LogP contribution in [0.15, 0.2) is 0 Å². The number of esters is 2. The number of phosphoric acid groups is 1. The van der Waals surface area contributed by atoms with Gasteiger partial charge in [0.2, 0.25) is 0 Å². The zero-order chi connectivity index (χ0) is 16.5. The van der Waals surface area contributed by atoms with Crippen molar-refractivity contribution in [2.24, 2.45) is 0 Å². The zero-order valence-corrected chi connectivity index (χ0v) is 12.5. The van der Waals surface area contributed by atoms with Gasteiger partial charge < -0.3 is 24.6 Å². The molecule has 0 aromatic rings. The number of carbonyl (C=O) groups is 2. The lowest BCUT2D eigenvalue weighted by molar-refractivity contribution is -0.158. The van der Waals surface area contributed by atoms with Crippen LogP contribution in [0, 0.1) is 0 Å². The summed E-state index contributed by atoms with van der Waals surface area (Å²) in [5, 5.41) is 17.5. The fourth-order valence-electron chi connectivity index (χ4n) is 1.01. The molecular weight excluding hydrogens is 311 g/mol. The molecule has 2 unspecified atom stereocenters. The lowest BCUT2D eigenvalue weighted by Crippen LogP contribution is -2.28. The highest BCUT2D eigenvalue weighted by atomic mass is 31.2. The number of hydrogen-bond acceptors (Lipinski definition) is 9. The van der Waals surface area contributed by atoms with Gasteiger partial charge >= 0.3 is 19.8 Å². The molecule has 3 atom stereocenters. The molecule has 124 valence electrons. The maximum absolute atomic E-state index is 11.4. The van der Waals surface area contributed by atoms with Gasteiger partial charge in [0.05, 0.1) is 19.8 Å². The Morgan fingerprint density at radius 3 is 2.14 bits per heavy atom. The summed E-state index contributed by atoms with van der Waals surface area (Å²) in [6, 6.07) is 0. The Labute approximate surface area is 121 Å². The van der Waals surface area contributed by atoms with E-state index in [0.29, 0.717) is 0 Å². The summed E-state index contributed by atoms with van der Waals surface area (Å²) in [6.07, 6.45) is -2.42. The van der Waals surface area contributed by atoms with E-state index in [9.17, 15) is 19.0 Å². The maximum Gasteiger partial charge on any atom is 0.472 e. The van der Waals surface area contributed by atoms with Gasteiger partial charge in [-0.25, -0.2) is 4.57 Å². The first kappa shape index (κ1) is 20.0. The SMILES string of the molecule is CC(=O)OC[C@H](COP(=O)(O)OCC(O)CO)OC(C)=O. The van der Waals surface area contributed by atoms with Crippen LogP contribution in [0.25, 0.3) is 0 Å². The minimum absolute atomic E-state index is 0.353. The Kier molecular flexibility index (Phi) is 9.34. The zero-order valence-electron chi connectivity index (χ0n) is 11.6. The van der Waals surface area contributed by atoms with Crippen molar-refractivity contribution in [3.05, 3.63) is 0 Å². The van der Waals surface area contributed by atoms with Gasteiger partial charge in [-0.3, -0.25) is 18.6 Å². The third-order valence-electron chi connectivity index (χ3n) is 1.87. The van der Waals surface area contributed by atoms with Crippen LogP contribution in [-0.2, 0) is 32.7 Å². The minimum Gasteiger partial charge on any atom is -0.462 e. The van der Waals surface area contributed by atoms with E-state index >= 15 is 0 Å². The first-order chi connectivity index (χ1) is 9.66. The Balaban J connectivity index is 4.32. The number of aliphatic hydroxyl groups excluding tert-OH is 2. The molecule has 0 heterocycles. The monoisotopic (exact) mass is 330 g/mol. The molecule has 0 amide bonds. The van der Waals surface area contributed by atoms with E-state index in [2.05, 4.69) is 13.8 Å². The van der Waals surface area contributed by atoms with Crippen molar-refractivity contribution in [1.82, 2.24) is 0 Å². The minimum atomic E-state index is -4.51. The molecule has 0 spiro atoms. The molecular formula is C10H19O10P. The maximum atomic E-state index is 11.4.